The second kappa shape index (κ2) is 10.6. The molecule has 0 saturated heterocycles. The predicted molar refractivity (Wildman–Crippen MR) is 144 cm³/mol. The first-order valence-electron chi connectivity index (χ1n) is 11.3. The fourth-order valence-electron chi connectivity index (χ4n) is 3.88. The number of carbonyl (C=O) groups excluding carboxylic acids is 2. The molecule has 0 saturated carbocycles. The van der Waals surface area contributed by atoms with Crippen molar-refractivity contribution in [2.75, 3.05) is 0 Å². The Morgan fingerprint density at radius 3 is 2.43 bits per heavy atom. The highest BCUT2D eigenvalue weighted by Gasteiger charge is 2.19. The molecule has 0 bridgehead atoms. The van der Waals surface area contributed by atoms with Crippen LogP contribution in [0.2, 0.25) is 0 Å². The monoisotopic (exact) mass is 555 g/mol. The third-order valence-corrected chi connectivity index (χ3v) is 6.15. The number of nitrogens with one attached hydrogen (secondary N) is 2. The summed E-state index contributed by atoms with van der Waals surface area (Å²) in [5, 5.41) is 4.67. The number of amides is 1. The zero-order valence-electron chi connectivity index (χ0n) is 19.2. The third kappa shape index (κ3) is 5.34. The topological polar surface area (TPSA) is 83.5 Å². The van der Waals surface area contributed by atoms with E-state index in [0.717, 1.165) is 10.0 Å². The summed E-state index contributed by atoms with van der Waals surface area (Å²) in [5.41, 5.74) is 5.61. The molecule has 0 atom stereocenters. The van der Waals surface area contributed by atoms with Crippen LogP contribution in [-0.2, 0) is 0 Å². The Bertz CT molecular complexity index is 1630. The van der Waals surface area contributed by atoms with Gasteiger partial charge in [-0.15, -0.1) is 0 Å². The number of aromatic nitrogens is 1. The lowest BCUT2D eigenvalue weighted by Gasteiger charge is -2.07. The van der Waals surface area contributed by atoms with Gasteiger partial charge in [0, 0.05) is 26.5 Å². The largest absolute Gasteiger partial charge is 0.422 e. The smallest absolute Gasteiger partial charge is 0.343 e. The van der Waals surface area contributed by atoms with Crippen LogP contribution >= 0.6 is 15.9 Å². The molecule has 0 spiro atoms. The number of H-pyrrole nitrogens is 1. The first-order valence-corrected chi connectivity index (χ1v) is 12.1. The minimum Gasteiger partial charge on any atom is -0.422 e. The lowest BCUT2D eigenvalue weighted by atomic mass is 10.0. The van der Waals surface area contributed by atoms with Crippen LogP contribution in [-0.4, -0.2) is 23.1 Å². The van der Waals surface area contributed by atoms with Crippen LogP contribution in [0.4, 0.5) is 4.39 Å². The van der Waals surface area contributed by atoms with Gasteiger partial charge in [0.05, 0.1) is 11.8 Å². The SMILES string of the molecule is O=C(Oc1ccccc1C=NNC(=O)c1[nH]c2ccc(F)cc2c1-c1ccccc1)c1ccc(Br)cc1. The van der Waals surface area contributed by atoms with Crippen molar-refractivity contribution in [2.45, 2.75) is 0 Å². The molecule has 0 aliphatic heterocycles. The minimum atomic E-state index is -0.518. The summed E-state index contributed by atoms with van der Waals surface area (Å²) in [6.45, 7) is 0. The van der Waals surface area contributed by atoms with E-state index in [2.05, 4.69) is 31.4 Å². The van der Waals surface area contributed by atoms with Crippen LogP contribution in [0.5, 0.6) is 5.75 Å². The van der Waals surface area contributed by atoms with Gasteiger partial charge >= 0.3 is 5.97 Å². The molecule has 1 heterocycles. The molecule has 0 fully saturated rings. The molecule has 182 valence electrons. The summed E-state index contributed by atoms with van der Waals surface area (Å²) in [6.07, 6.45) is 1.40. The van der Waals surface area contributed by atoms with E-state index in [4.69, 9.17) is 4.74 Å². The van der Waals surface area contributed by atoms with Crippen LogP contribution in [0, 0.1) is 5.82 Å². The van der Waals surface area contributed by atoms with Crippen molar-refractivity contribution in [3.63, 3.8) is 0 Å². The molecule has 0 radical (unpaired) electrons. The second-order valence-corrected chi connectivity index (χ2v) is 8.98. The molecule has 1 aromatic heterocycles. The van der Waals surface area contributed by atoms with Gasteiger partial charge in [-0.25, -0.2) is 14.6 Å². The maximum absolute atomic E-state index is 14.0. The van der Waals surface area contributed by atoms with Gasteiger partial charge in [-0.1, -0.05) is 58.4 Å². The molecule has 1 amide bonds. The normalized spacial score (nSPS) is 11.1. The third-order valence-electron chi connectivity index (χ3n) is 5.62. The minimum absolute atomic E-state index is 0.249. The Hall–Kier alpha value is -4.56. The van der Waals surface area contributed by atoms with E-state index in [1.807, 2.05) is 30.3 Å². The zero-order chi connectivity index (χ0) is 25.8. The summed E-state index contributed by atoms with van der Waals surface area (Å²) in [6, 6.07) is 27.2. The van der Waals surface area contributed by atoms with Crippen molar-refractivity contribution < 1.29 is 18.7 Å². The maximum Gasteiger partial charge on any atom is 0.343 e. The zero-order valence-corrected chi connectivity index (χ0v) is 20.8. The van der Waals surface area contributed by atoms with Crippen molar-refractivity contribution in [1.29, 1.82) is 0 Å². The Labute approximate surface area is 219 Å². The molecule has 5 aromatic rings. The fourth-order valence-corrected chi connectivity index (χ4v) is 4.14. The molecule has 5 rings (SSSR count). The quantitative estimate of drug-likeness (QED) is 0.105. The van der Waals surface area contributed by atoms with Gasteiger partial charge < -0.3 is 9.72 Å². The average Bonchev–Trinajstić information content (AvgIpc) is 3.29. The molecule has 6 nitrogen and oxygen atoms in total. The van der Waals surface area contributed by atoms with Crippen molar-refractivity contribution in [1.82, 2.24) is 10.4 Å². The number of aromatic amines is 1. The second-order valence-electron chi connectivity index (χ2n) is 8.06. The summed E-state index contributed by atoms with van der Waals surface area (Å²) in [4.78, 5) is 28.7. The molecular weight excluding hydrogens is 537 g/mol. The van der Waals surface area contributed by atoms with Gasteiger partial charge in [0.1, 0.15) is 17.3 Å². The Balaban J connectivity index is 1.38. The number of hydrogen-bond acceptors (Lipinski definition) is 4. The van der Waals surface area contributed by atoms with Crippen LogP contribution in [0.1, 0.15) is 26.4 Å². The molecule has 0 unspecified atom stereocenters. The van der Waals surface area contributed by atoms with E-state index >= 15 is 0 Å². The first kappa shape index (κ1) is 24.1. The highest BCUT2D eigenvalue weighted by atomic mass is 79.9. The van der Waals surface area contributed by atoms with E-state index in [1.54, 1.807) is 54.6 Å². The van der Waals surface area contributed by atoms with E-state index in [-0.39, 0.29) is 5.69 Å². The Morgan fingerprint density at radius 2 is 1.65 bits per heavy atom. The Morgan fingerprint density at radius 1 is 0.919 bits per heavy atom. The maximum atomic E-state index is 14.0. The molecule has 0 aliphatic rings. The van der Waals surface area contributed by atoms with Crippen molar-refractivity contribution >= 4 is 44.9 Å². The lowest BCUT2D eigenvalue weighted by Crippen LogP contribution is -2.19. The summed E-state index contributed by atoms with van der Waals surface area (Å²) in [5.74, 6) is -1.13. The van der Waals surface area contributed by atoms with Gasteiger partial charge in [0.15, 0.2) is 0 Å². The number of fused-ring (bicyclic) bond motifs is 1. The number of benzene rings is 4. The lowest BCUT2D eigenvalue weighted by molar-refractivity contribution is 0.0734. The number of esters is 1. The molecular formula is C29H19BrFN3O3. The standard InChI is InChI=1S/C29H19BrFN3O3/c30-21-12-10-19(11-13-21)29(36)37-25-9-5-4-8-20(25)17-32-34-28(35)27-26(18-6-2-1-3-7-18)23-16-22(31)14-15-24(23)33-27/h1-17,33H,(H,34,35). The van der Waals surface area contributed by atoms with Crippen LogP contribution in [0.25, 0.3) is 22.0 Å². The number of rotatable bonds is 6. The average molecular weight is 556 g/mol. The van der Waals surface area contributed by atoms with Crippen LogP contribution < -0.4 is 10.2 Å². The molecule has 8 heteroatoms. The molecule has 2 N–H and O–H groups in total. The van der Waals surface area contributed by atoms with Gasteiger partial charge in [-0.2, -0.15) is 5.10 Å². The highest BCUT2D eigenvalue weighted by Crippen LogP contribution is 2.33. The molecule has 0 aliphatic carbocycles. The van der Waals surface area contributed by atoms with Crippen molar-refractivity contribution in [2.24, 2.45) is 5.10 Å². The van der Waals surface area contributed by atoms with Crippen molar-refractivity contribution in [3.05, 3.63) is 124 Å². The van der Waals surface area contributed by atoms with E-state index in [9.17, 15) is 14.0 Å². The van der Waals surface area contributed by atoms with E-state index in [0.29, 0.717) is 33.3 Å². The van der Waals surface area contributed by atoms with Crippen LogP contribution in [0.15, 0.2) is 107 Å². The molecule has 37 heavy (non-hydrogen) atoms. The van der Waals surface area contributed by atoms with E-state index < -0.39 is 17.7 Å². The summed E-state index contributed by atoms with van der Waals surface area (Å²) >= 11 is 3.34. The van der Waals surface area contributed by atoms with Gasteiger partial charge in [-0.05, 0) is 60.2 Å². The number of ether oxygens (including phenoxy) is 1. The predicted octanol–water partition coefficient (Wildman–Crippen LogP) is 6.72. The number of nitrogens with zero attached hydrogens (tertiary/aromatic N) is 1. The van der Waals surface area contributed by atoms with Gasteiger partial charge in [-0.3, -0.25) is 4.79 Å². The summed E-state index contributed by atoms with van der Waals surface area (Å²) in [7, 11) is 0. The molecule has 4 aromatic carbocycles. The highest BCUT2D eigenvalue weighted by molar-refractivity contribution is 9.10. The first-order chi connectivity index (χ1) is 18.0. The van der Waals surface area contributed by atoms with Gasteiger partial charge in [0.25, 0.3) is 5.91 Å². The number of halogens is 2. The Kier molecular flexibility index (Phi) is 6.91. The summed E-state index contributed by atoms with van der Waals surface area (Å²) < 4.78 is 20.4. The number of hydrogen-bond donors (Lipinski definition) is 2. The number of para-hydroxylation sites is 1. The number of hydrazone groups is 1. The number of carbonyl (C=O) groups is 2. The van der Waals surface area contributed by atoms with Gasteiger partial charge in [0.2, 0.25) is 0 Å². The van der Waals surface area contributed by atoms with Crippen molar-refractivity contribution in [3.8, 4) is 16.9 Å². The fraction of sp³-hybridized carbons (Fsp3) is 0. The van der Waals surface area contributed by atoms with E-state index in [1.165, 1.54) is 18.3 Å². The van der Waals surface area contributed by atoms with Crippen LogP contribution in [0.3, 0.4) is 0 Å².